The van der Waals surface area contributed by atoms with Crippen molar-refractivity contribution in [3.05, 3.63) is 29.0 Å². The van der Waals surface area contributed by atoms with Crippen LogP contribution >= 0.6 is 23.4 Å². The molecule has 1 aliphatic heterocycles. The van der Waals surface area contributed by atoms with Crippen molar-refractivity contribution in [3.8, 4) is 0 Å². The van der Waals surface area contributed by atoms with E-state index in [1.165, 1.54) is 0 Å². The summed E-state index contributed by atoms with van der Waals surface area (Å²) < 4.78 is 5.10. The summed E-state index contributed by atoms with van der Waals surface area (Å²) in [6, 6.07) is 3.61. The smallest absolute Gasteiger partial charge is 0.254 e. The number of thioether (sulfide) groups is 1. The normalized spacial score (nSPS) is 18.5. The number of ether oxygens (including phenoxy) is 1. The number of methoxy groups -OCH3 is 1. The van der Waals surface area contributed by atoms with Crippen molar-refractivity contribution in [2.45, 2.75) is 12.5 Å². The van der Waals surface area contributed by atoms with Crippen LogP contribution in [0.25, 0.3) is 0 Å². The summed E-state index contributed by atoms with van der Waals surface area (Å²) in [7, 11) is 1.65. The van der Waals surface area contributed by atoms with Gasteiger partial charge in [0.1, 0.15) is 5.15 Å². The molecule has 6 heteroatoms. The number of rotatable bonds is 5. The summed E-state index contributed by atoms with van der Waals surface area (Å²) in [4.78, 5) is 18.4. The summed E-state index contributed by atoms with van der Waals surface area (Å²) in [6.07, 6.45) is 2.60. The third kappa shape index (κ3) is 3.84. The number of hydrogen-bond acceptors (Lipinski definition) is 4. The van der Waals surface area contributed by atoms with Crippen LogP contribution in [0.15, 0.2) is 18.3 Å². The first kappa shape index (κ1) is 14.6. The molecule has 0 N–H and O–H groups in total. The number of pyridine rings is 1. The van der Waals surface area contributed by atoms with E-state index in [4.69, 9.17) is 16.3 Å². The molecule has 2 rings (SSSR count). The molecule has 1 aliphatic rings. The van der Waals surface area contributed by atoms with Gasteiger partial charge in [0, 0.05) is 37.2 Å². The van der Waals surface area contributed by atoms with Crippen LogP contribution in [0.2, 0.25) is 5.15 Å². The molecule has 1 saturated heterocycles. The lowest BCUT2D eigenvalue weighted by molar-refractivity contribution is 0.0624. The standard InChI is InChI=1S/C13H17ClN2O2S/c1-18-6-5-16(11-3-7-19-9-11)13(17)10-2-4-15-12(14)8-10/h2,4,8,11H,3,5-7,9H2,1H3. The highest BCUT2D eigenvalue weighted by atomic mass is 35.5. The van der Waals surface area contributed by atoms with Crippen LogP contribution in [0.4, 0.5) is 0 Å². The second kappa shape index (κ2) is 7.12. The fraction of sp³-hybridized carbons (Fsp3) is 0.538. The van der Waals surface area contributed by atoms with Gasteiger partial charge in [-0.1, -0.05) is 11.6 Å². The molecule has 0 spiro atoms. The Kier molecular flexibility index (Phi) is 5.48. The third-order valence-corrected chi connectivity index (χ3v) is 4.47. The minimum atomic E-state index is 0.00819. The highest BCUT2D eigenvalue weighted by Crippen LogP contribution is 2.24. The van der Waals surface area contributed by atoms with Crippen molar-refractivity contribution in [2.75, 3.05) is 31.8 Å². The Labute approximate surface area is 122 Å². The summed E-state index contributed by atoms with van der Waals surface area (Å²) in [5.41, 5.74) is 0.591. The number of nitrogens with zero attached hydrogens (tertiary/aromatic N) is 2. The maximum Gasteiger partial charge on any atom is 0.254 e. The summed E-state index contributed by atoms with van der Waals surface area (Å²) in [6.45, 7) is 1.16. The van der Waals surface area contributed by atoms with Gasteiger partial charge in [0.25, 0.3) is 5.91 Å². The number of halogens is 1. The number of hydrogen-bond donors (Lipinski definition) is 0. The first-order chi connectivity index (χ1) is 9.22. The van der Waals surface area contributed by atoms with Gasteiger partial charge in [-0.25, -0.2) is 4.98 Å². The van der Waals surface area contributed by atoms with Crippen LogP contribution in [0.3, 0.4) is 0 Å². The molecule has 0 radical (unpaired) electrons. The molecule has 1 amide bonds. The highest BCUT2D eigenvalue weighted by Gasteiger charge is 2.27. The van der Waals surface area contributed by atoms with Crippen LogP contribution in [0, 0.1) is 0 Å². The molecular formula is C13H17ClN2O2S. The zero-order valence-electron chi connectivity index (χ0n) is 10.8. The second-order valence-corrected chi connectivity index (χ2v) is 5.91. The predicted molar refractivity (Wildman–Crippen MR) is 77.9 cm³/mol. The molecule has 0 aliphatic carbocycles. The summed E-state index contributed by atoms with van der Waals surface area (Å²) >= 11 is 7.73. The summed E-state index contributed by atoms with van der Waals surface area (Å²) in [5, 5.41) is 0.346. The van der Waals surface area contributed by atoms with E-state index in [1.807, 2.05) is 16.7 Å². The molecule has 0 aromatic carbocycles. The van der Waals surface area contributed by atoms with Gasteiger partial charge in [0.05, 0.1) is 6.61 Å². The molecule has 1 aromatic heterocycles. The number of carbonyl (C=O) groups excluding carboxylic acids is 1. The lowest BCUT2D eigenvalue weighted by Crippen LogP contribution is -2.42. The SMILES string of the molecule is COCCN(C(=O)c1ccnc(Cl)c1)C1CCSC1. The van der Waals surface area contributed by atoms with Crippen LogP contribution in [0.5, 0.6) is 0 Å². The first-order valence-electron chi connectivity index (χ1n) is 6.21. The van der Waals surface area contributed by atoms with E-state index >= 15 is 0 Å². The quantitative estimate of drug-likeness (QED) is 0.783. The van der Waals surface area contributed by atoms with E-state index in [2.05, 4.69) is 4.98 Å². The predicted octanol–water partition coefficient (Wildman–Crippen LogP) is 2.33. The molecule has 1 fully saturated rings. The molecule has 1 atom stereocenters. The lowest BCUT2D eigenvalue weighted by Gasteiger charge is -2.28. The maximum absolute atomic E-state index is 12.6. The molecule has 4 nitrogen and oxygen atoms in total. The maximum atomic E-state index is 12.6. The topological polar surface area (TPSA) is 42.4 Å². The van der Waals surface area contributed by atoms with Gasteiger partial charge >= 0.3 is 0 Å². The van der Waals surface area contributed by atoms with Gasteiger partial charge < -0.3 is 9.64 Å². The van der Waals surface area contributed by atoms with Crippen molar-refractivity contribution in [2.24, 2.45) is 0 Å². The van der Waals surface area contributed by atoms with E-state index in [9.17, 15) is 4.79 Å². The van der Waals surface area contributed by atoms with Crippen molar-refractivity contribution in [3.63, 3.8) is 0 Å². The van der Waals surface area contributed by atoms with E-state index in [-0.39, 0.29) is 5.91 Å². The third-order valence-electron chi connectivity index (χ3n) is 3.12. The van der Waals surface area contributed by atoms with Gasteiger partial charge in [-0.2, -0.15) is 11.8 Å². The molecule has 104 valence electrons. The Bertz CT molecular complexity index is 438. The minimum Gasteiger partial charge on any atom is -0.383 e. The van der Waals surface area contributed by atoms with E-state index in [0.717, 1.165) is 17.9 Å². The lowest BCUT2D eigenvalue weighted by atomic mass is 10.1. The minimum absolute atomic E-state index is 0.00819. The largest absolute Gasteiger partial charge is 0.383 e. The van der Waals surface area contributed by atoms with E-state index in [1.54, 1.807) is 25.4 Å². The van der Waals surface area contributed by atoms with Crippen LogP contribution in [-0.4, -0.2) is 53.6 Å². The van der Waals surface area contributed by atoms with Crippen LogP contribution in [-0.2, 0) is 4.74 Å². The fourth-order valence-corrected chi connectivity index (χ4v) is 3.51. The van der Waals surface area contributed by atoms with Gasteiger partial charge in [-0.05, 0) is 24.3 Å². The second-order valence-electron chi connectivity index (χ2n) is 4.38. The van der Waals surface area contributed by atoms with Crippen molar-refractivity contribution in [1.29, 1.82) is 0 Å². The molecule has 0 bridgehead atoms. The van der Waals surface area contributed by atoms with Gasteiger partial charge in [-0.3, -0.25) is 4.79 Å². The number of carbonyl (C=O) groups is 1. The van der Waals surface area contributed by atoms with Crippen LogP contribution in [0.1, 0.15) is 16.8 Å². The Morgan fingerprint density at radius 3 is 3.16 bits per heavy atom. The van der Waals surface area contributed by atoms with E-state index < -0.39 is 0 Å². The van der Waals surface area contributed by atoms with Gasteiger partial charge in [0.15, 0.2) is 0 Å². The molecule has 0 saturated carbocycles. The zero-order chi connectivity index (χ0) is 13.7. The molecule has 1 unspecified atom stereocenters. The number of amides is 1. The fourth-order valence-electron chi connectivity index (χ4n) is 2.11. The first-order valence-corrected chi connectivity index (χ1v) is 7.75. The Morgan fingerprint density at radius 1 is 1.68 bits per heavy atom. The Morgan fingerprint density at radius 2 is 2.53 bits per heavy atom. The van der Waals surface area contributed by atoms with Crippen molar-refractivity contribution in [1.82, 2.24) is 9.88 Å². The highest BCUT2D eigenvalue weighted by molar-refractivity contribution is 7.99. The van der Waals surface area contributed by atoms with Crippen LogP contribution < -0.4 is 0 Å². The Hall–Kier alpha value is -0.780. The molecule has 1 aromatic rings. The number of aromatic nitrogens is 1. The molecular weight excluding hydrogens is 284 g/mol. The molecule has 2 heterocycles. The van der Waals surface area contributed by atoms with Crippen molar-refractivity contribution >= 4 is 29.3 Å². The van der Waals surface area contributed by atoms with Crippen molar-refractivity contribution < 1.29 is 9.53 Å². The average Bonchev–Trinajstić information content (AvgIpc) is 2.93. The zero-order valence-corrected chi connectivity index (χ0v) is 12.4. The summed E-state index contributed by atoms with van der Waals surface area (Å²) in [5.74, 6) is 2.11. The Balaban J connectivity index is 2.14. The van der Waals surface area contributed by atoms with Gasteiger partial charge in [0.2, 0.25) is 0 Å². The average molecular weight is 301 g/mol. The molecule has 19 heavy (non-hydrogen) atoms. The van der Waals surface area contributed by atoms with E-state index in [0.29, 0.717) is 29.9 Å². The monoisotopic (exact) mass is 300 g/mol. The van der Waals surface area contributed by atoms with Gasteiger partial charge in [-0.15, -0.1) is 0 Å².